The Balaban J connectivity index is 1.33. The first-order valence-corrected chi connectivity index (χ1v) is 9.85. The first-order valence-electron chi connectivity index (χ1n) is 8.60. The number of aromatic nitrogens is 2. The van der Waals surface area contributed by atoms with E-state index in [-0.39, 0.29) is 11.9 Å². The van der Waals surface area contributed by atoms with Gasteiger partial charge in [-0.05, 0) is 48.6 Å². The lowest BCUT2D eigenvalue weighted by Crippen LogP contribution is -2.44. The Morgan fingerprint density at radius 2 is 2.00 bits per heavy atom. The van der Waals surface area contributed by atoms with Crippen LogP contribution in [0.25, 0.3) is 10.6 Å². The average Bonchev–Trinajstić information content (AvgIpc) is 3.34. The molecular formula is C19H19ClN4OS. The summed E-state index contributed by atoms with van der Waals surface area (Å²) in [5.74, 6) is 0.927. The van der Waals surface area contributed by atoms with Crippen molar-refractivity contribution in [1.82, 2.24) is 15.5 Å². The molecule has 7 heteroatoms. The fraction of sp³-hybridized carbons (Fsp3) is 0.263. The SMILES string of the molecule is O=C(NC1CCN(c2cc(-c3cccs3)[nH]n2)CC1)c1ccc(Cl)cc1. The zero-order valence-corrected chi connectivity index (χ0v) is 15.7. The Bertz CT molecular complexity index is 867. The maximum absolute atomic E-state index is 12.3. The first-order chi connectivity index (χ1) is 12.7. The number of carbonyl (C=O) groups excluding carboxylic acids is 1. The number of hydrogen-bond acceptors (Lipinski definition) is 4. The lowest BCUT2D eigenvalue weighted by Gasteiger charge is -2.32. The van der Waals surface area contributed by atoms with E-state index >= 15 is 0 Å². The third kappa shape index (κ3) is 3.76. The van der Waals surface area contributed by atoms with Crippen LogP contribution in [0.2, 0.25) is 5.02 Å². The third-order valence-corrected chi connectivity index (χ3v) is 5.77. The van der Waals surface area contributed by atoms with Crippen molar-refractivity contribution in [2.75, 3.05) is 18.0 Å². The maximum atomic E-state index is 12.3. The van der Waals surface area contributed by atoms with Gasteiger partial charge in [0.05, 0.1) is 10.6 Å². The molecule has 5 nitrogen and oxygen atoms in total. The molecule has 26 heavy (non-hydrogen) atoms. The second-order valence-electron chi connectivity index (χ2n) is 6.36. The number of aromatic amines is 1. The van der Waals surface area contributed by atoms with Crippen molar-refractivity contribution in [2.45, 2.75) is 18.9 Å². The van der Waals surface area contributed by atoms with Crippen LogP contribution >= 0.6 is 22.9 Å². The highest BCUT2D eigenvalue weighted by Gasteiger charge is 2.23. The van der Waals surface area contributed by atoms with Crippen LogP contribution in [0.5, 0.6) is 0 Å². The topological polar surface area (TPSA) is 61.0 Å². The minimum Gasteiger partial charge on any atom is -0.355 e. The van der Waals surface area contributed by atoms with E-state index in [9.17, 15) is 4.79 Å². The number of hydrogen-bond donors (Lipinski definition) is 2. The molecular weight excluding hydrogens is 368 g/mol. The van der Waals surface area contributed by atoms with Crippen molar-refractivity contribution < 1.29 is 4.79 Å². The number of benzene rings is 1. The number of nitrogens with zero attached hydrogens (tertiary/aromatic N) is 2. The fourth-order valence-corrected chi connectivity index (χ4v) is 3.97. The summed E-state index contributed by atoms with van der Waals surface area (Å²) in [7, 11) is 0. The summed E-state index contributed by atoms with van der Waals surface area (Å²) < 4.78 is 0. The third-order valence-electron chi connectivity index (χ3n) is 4.61. The average molecular weight is 387 g/mol. The molecule has 1 fully saturated rings. The number of anilines is 1. The van der Waals surface area contributed by atoms with Crippen molar-refractivity contribution in [3.8, 4) is 10.6 Å². The second-order valence-corrected chi connectivity index (χ2v) is 7.74. The number of rotatable bonds is 4. The van der Waals surface area contributed by atoms with Crippen molar-refractivity contribution >= 4 is 34.7 Å². The molecule has 134 valence electrons. The first kappa shape index (κ1) is 17.1. The normalized spacial score (nSPS) is 15.2. The molecule has 4 rings (SSSR count). The Labute approximate surface area is 161 Å². The van der Waals surface area contributed by atoms with Gasteiger partial charge in [-0.25, -0.2) is 0 Å². The van der Waals surface area contributed by atoms with Gasteiger partial charge >= 0.3 is 0 Å². The number of H-pyrrole nitrogens is 1. The van der Waals surface area contributed by atoms with Crippen LogP contribution in [0.4, 0.5) is 5.82 Å². The van der Waals surface area contributed by atoms with Gasteiger partial charge in [0.1, 0.15) is 0 Å². The van der Waals surface area contributed by atoms with Crippen LogP contribution in [0.1, 0.15) is 23.2 Å². The molecule has 3 aromatic rings. The van der Waals surface area contributed by atoms with E-state index in [1.807, 2.05) is 6.07 Å². The zero-order chi connectivity index (χ0) is 17.9. The summed E-state index contributed by atoms with van der Waals surface area (Å²) >= 11 is 7.57. The molecule has 2 N–H and O–H groups in total. The number of carbonyl (C=O) groups is 1. The van der Waals surface area contributed by atoms with Crippen LogP contribution < -0.4 is 10.2 Å². The predicted molar refractivity (Wildman–Crippen MR) is 106 cm³/mol. The monoisotopic (exact) mass is 386 g/mol. The zero-order valence-electron chi connectivity index (χ0n) is 14.1. The van der Waals surface area contributed by atoms with Gasteiger partial charge in [-0.15, -0.1) is 11.3 Å². The molecule has 0 unspecified atom stereocenters. The summed E-state index contributed by atoms with van der Waals surface area (Å²) in [5.41, 5.74) is 1.69. The summed E-state index contributed by atoms with van der Waals surface area (Å²) in [6.07, 6.45) is 1.81. The highest BCUT2D eigenvalue weighted by atomic mass is 35.5. The van der Waals surface area contributed by atoms with Crippen molar-refractivity contribution in [1.29, 1.82) is 0 Å². The fourth-order valence-electron chi connectivity index (χ4n) is 3.15. The molecule has 1 aromatic carbocycles. The maximum Gasteiger partial charge on any atom is 0.251 e. The van der Waals surface area contributed by atoms with Crippen LogP contribution in [-0.4, -0.2) is 35.2 Å². The Morgan fingerprint density at radius 3 is 2.69 bits per heavy atom. The molecule has 1 aliphatic rings. The molecule has 0 spiro atoms. The highest BCUT2D eigenvalue weighted by molar-refractivity contribution is 7.13. The number of piperidine rings is 1. The van der Waals surface area contributed by atoms with Crippen molar-refractivity contribution in [2.24, 2.45) is 0 Å². The number of nitrogens with one attached hydrogen (secondary N) is 2. The summed E-state index contributed by atoms with van der Waals surface area (Å²) in [6.45, 7) is 1.75. The minimum absolute atomic E-state index is 0.0418. The van der Waals surface area contributed by atoms with E-state index < -0.39 is 0 Å². The van der Waals surface area contributed by atoms with Crippen LogP contribution in [0, 0.1) is 0 Å². The van der Waals surface area contributed by atoms with Gasteiger partial charge in [0.15, 0.2) is 5.82 Å². The van der Waals surface area contributed by atoms with Crippen LogP contribution in [0.3, 0.4) is 0 Å². The molecule has 0 saturated carbocycles. The second kappa shape index (κ2) is 7.51. The summed E-state index contributed by atoms with van der Waals surface area (Å²) in [6, 6.07) is 13.4. The van der Waals surface area contributed by atoms with Gasteiger partial charge < -0.3 is 10.2 Å². The molecule has 1 amide bonds. The molecule has 2 aromatic heterocycles. The number of thiophene rings is 1. The molecule has 0 bridgehead atoms. The van der Waals surface area contributed by atoms with Crippen molar-refractivity contribution in [3.05, 3.63) is 58.4 Å². The Hall–Kier alpha value is -2.31. The van der Waals surface area contributed by atoms with E-state index in [2.05, 4.69) is 37.9 Å². The van der Waals surface area contributed by atoms with E-state index in [0.29, 0.717) is 10.6 Å². The standard InChI is InChI=1S/C19H19ClN4OS/c20-14-5-3-13(4-6-14)19(25)21-15-7-9-24(10-8-15)18-12-16(22-23-18)17-2-1-11-26-17/h1-6,11-12,15H,7-10H2,(H,21,25)(H,22,23). The molecule has 0 atom stereocenters. The van der Waals surface area contributed by atoms with Crippen LogP contribution in [0.15, 0.2) is 47.8 Å². The van der Waals surface area contributed by atoms with Crippen molar-refractivity contribution in [3.63, 3.8) is 0 Å². The Kier molecular flexibility index (Phi) is 4.95. The molecule has 3 heterocycles. The lowest BCUT2D eigenvalue weighted by atomic mass is 10.0. The number of halogens is 1. The van der Waals surface area contributed by atoms with E-state index in [0.717, 1.165) is 37.4 Å². The number of amides is 1. The highest BCUT2D eigenvalue weighted by Crippen LogP contribution is 2.27. The summed E-state index contributed by atoms with van der Waals surface area (Å²) in [4.78, 5) is 15.8. The summed E-state index contributed by atoms with van der Waals surface area (Å²) in [5, 5.41) is 13.4. The molecule has 0 radical (unpaired) electrons. The van der Waals surface area contributed by atoms with E-state index in [4.69, 9.17) is 11.6 Å². The minimum atomic E-state index is -0.0418. The van der Waals surface area contributed by atoms with E-state index in [1.165, 1.54) is 4.88 Å². The van der Waals surface area contributed by atoms with E-state index in [1.54, 1.807) is 35.6 Å². The largest absolute Gasteiger partial charge is 0.355 e. The van der Waals surface area contributed by atoms with Gasteiger partial charge in [-0.3, -0.25) is 9.89 Å². The van der Waals surface area contributed by atoms with Crippen LogP contribution in [-0.2, 0) is 0 Å². The van der Waals surface area contributed by atoms with Gasteiger partial charge in [-0.1, -0.05) is 17.7 Å². The smallest absolute Gasteiger partial charge is 0.251 e. The Morgan fingerprint density at radius 1 is 1.23 bits per heavy atom. The van der Waals surface area contributed by atoms with Gasteiger partial charge in [0.25, 0.3) is 5.91 Å². The van der Waals surface area contributed by atoms with Gasteiger partial charge in [0, 0.05) is 35.8 Å². The molecule has 1 aliphatic heterocycles. The quantitative estimate of drug-likeness (QED) is 0.706. The molecule has 1 saturated heterocycles. The van der Waals surface area contributed by atoms with Gasteiger partial charge in [-0.2, -0.15) is 5.10 Å². The molecule has 0 aliphatic carbocycles. The lowest BCUT2D eigenvalue weighted by molar-refractivity contribution is 0.0931. The van der Waals surface area contributed by atoms with Gasteiger partial charge in [0.2, 0.25) is 0 Å². The predicted octanol–water partition coefficient (Wildman–Crippen LogP) is 4.19.